The number of benzene rings is 2. The Bertz CT molecular complexity index is 766. The number of hydrogen-bond acceptors (Lipinski definition) is 1. The van der Waals surface area contributed by atoms with Crippen LogP contribution in [-0.2, 0) is 6.42 Å². The Kier molecular flexibility index (Phi) is 3.95. The van der Waals surface area contributed by atoms with Gasteiger partial charge < -0.3 is 4.98 Å². The Balaban J connectivity index is 1.83. The van der Waals surface area contributed by atoms with Crippen LogP contribution in [0.5, 0.6) is 0 Å². The Labute approximate surface area is 131 Å². The van der Waals surface area contributed by atoms with Crippen molar-refractivity contribution in [3.05, 3.63) is 75.9 Å². The zero-order chi connectivity index (χ0) is 14.8. The molecule has 106 valence electrons. The second-order valence-corrected chi connectivity index (χ2v) is 5.51. The monoisotopic (exact) mass is 320 g/mol. The second-order valence-electron chi connectivity index (χ2n) is 4.66. The fraction of sp³-hybridized carbons (Fsp3) is 0.0625. The van der Waals surface area contributed by atoms with Crippen LogP contribution in [0.25, 0.3) is 11.3 Å². The summed E-state index contributed by atoms with van der Waals surface area (Å²) in [6.07, 6.45) is 2.31. The molecule has 0 spiro atoms. The lowest BCUT2D eigenvalue weighted by molar-refractivity contribution is 0.628. The number of nitrogens with one attached hydrogen (secondary N) is 1. The van der Waals surface area contributed by atoms with Gasteiger partial charge in [0.1, 0.15) is 11.6 Å². The fourth-order valence-corrected chi connectivity index (χ4v) is 2.55. The molecule has 1 heterocycles. The van der Waals surface area contributed by atoms with Crippen LogP contribution in [0.2, 0.25) is 10.0 Å². The van der Waals surface area contributed by atoms with E-state index in [9.17, 15) is 4.39 Å². The molecule has 0 saturated heterocycles. The van der Waals surface area contributed by atoms with Gasteiger partial charge in [-0.3, -0.25) is 0 Å². The number of hydrogen-bond donors (Lipinski definition) is 1. The van der Waals surface area contributed by atoms with E-state index in [0.717, 1.165) is 22.6 Å². The Morgan fingerprint density at radius 1 is 1.05 bits per heavy atom. The summed E-state index contributed by atoms with van der Waals surface area (Å²) >= 11 is 12.0. The van der Waals surface area contributed by atoms with E-state index < -0.39 is 0 Å². The largest absolute Gasteiger partial charge is 0.342 e. The number of nitrogens with zero attached hydrogens (tertiary/aromatic N) is 1. The molecule has 0 aliphatic heterocycles. The first-order valence-corrected chi connectivity index (χ1v) is 7.11. The molecule has 0 fully saturated rings. The number of aromatic amines is 1. The lowest BCUT2D eigenvalue weighted by Crippen LogP contribution is -1.92. The van der Waals surface area contributed by atoms with E-state index in [1.807, 2.05) is 6.07 Å². The van der Waals surface area contributed by atoms with Crippen molar-refractivity contribution in [3.8, 4) is 11.3 Å². The molecule has 1 N–H and O–H groups in total. The minimum atomic E-state index is -0.258. The highest BCUT2D eigenvalue weighted by molar-refractivity contribution is 6.35. The molecule has 0 aliphatic rings. The van der Waals surface area contributed by atoms with Gasteiger partial charge in [-0.2, -0.15) is 0 Å². The van der Waals surface area contributed by atoms with E-state index in [1.54, 1.807) is 30.5 Å². The van der Waals surface area contributed by atoms with Gasteiger partial charge in [-0.15, -0.1) is 0 Å². The summed E-state index contributed by atoms with van der Waals surface area (Å²) in [7, 11) is 0. The number of aromatic nitrogens is 2. The Morgan fingerprint density at radius 3 is 2.52 bits per heavy atom. The van der Waals surface area contributed by atoms with Crippen molar-refractivity contribution in [2.24, 2.45) is 0 Å². The highest BCUT2D eigenvalue weighted by Crippen LogP contribution is 2.24. The zero-order valence-electron chi connectivity index (χ0n) is 10.9. The van der Waals surface area contributed by atoms with Crippen molar-refractivity contribution in [1.29, 1.82) is 0 Å². The summed E-state index contributed by atoms with van der Waals surface area (Å²) in [6, 6.07) is 11.7. The van der Waals surface area contributed by atoms with Crippen molar-refractivity contribution in [2.45, 2.75) is 6.42 Å². The number of H-pyrrole nitrogens is 1. The quantitative estimate of drug-likeness (QED) is 0.713. The molecule has 2 aromatic carbocycles. The van der Waals surface area contributed by atoms with Gasteiger partial charge >= 0.3 is 0 Å². The van der Waals surface area contributed by atoms with Gasteiger partial charge in [-0.05, 0) is 47.5 Å². The van der Waals surface area contributed by atoms with Crippen LogP contribution in [-0.4, -0.2) is 9.97 Å². The molecule has 21 heavy (non-hydrogen) atoms. The third kappa shape index (κ3) is 3.26. The summed E-state index contributed by atoms with van der Waals surface area (Å²) in [5.41, 5.74) is 2.67. The zero-order valence-corrected chi connectivity index (χ0v) is 12.4. The lowest BCUT2D eigenvalue weighted by Gasteiger charge is -2.02. The minimum Gasteiger partial charge on any atom is -0.342 e. The number of halogens is 3. The Morgan fingerprint density at radius 2 is 1.81 bits per heavy atom. The van der Waals surface area contributed by atoms with Crippen LogP contribution < -0.4 is 0 Å². The molecule has 3 aromatic rings. The van der Waals surface area contributed by atoms with E-state index in [2.05, 4.69) is 9.97 Å². The summed E-state index contributed by atoms with van der Waals surface area (Å²) in [4.78, 5) is 7.55. The highest BCUT2D eigenvalue weighted by atomic mass is 35.5. The molecule has 0 atom stereocenters. The predicted molar refractivity (Wildman–Crippen MR) is 83.2 cm³/mol. The molecule has 0 bridgehead atoms. The minimum absolute atomic E-state index is 0.258. The average molecular weight is 321 g/mol. The SMILES string of the molecule is Fc1ccc(-c2cnc(Cc3ccc(Cl)cc3Cl)[nH]2)cc1. The maximum absolute atomic E-state index is 12.9. The maximum atomic E-state index is 12.9. The molecule has 0 radical (unpaired) electrons. The van der Waals surface area contributed by atoms with Crippen LogP contribution in [0.3, 0.4) is 0 Å². The van der Waals surface area contributed by atoms with Gasteiger partial charge in [-0.1, -0.05) is 29.3 Å². The molecule has 0 unspecified atom stereocenters. The van der Waals surface area contributed by atoms with Crippen LogP contribution >= 0.6 is 23.2 Å². The average Bonchev–Trinajstić information content (AvgIpc) is 2.91. The summed E-state index contributed by atoms with van der Waals surface area (Å²) in [6.45, 7) is 0. The maximum Gasteiger partial charge on any atom is 0.123 e. The Hall–Kier alpha value is -1.84. The topological polar surface area (TPSA) is 28.7 Å². The van der Waals surface area contributed by atoms with Crippen molar-refractivity contribution in [1.82, 2.24) is 9.97 Å². The van der Waals surface area contributed by atoms with Crippen molar-refractivity contribution >= 4 is 23.2 Å². The van der Waals surface area contributed by atoms with Crippen LogP contribution in [0.1, 0.15) is 11.4 Å². The van der Waals surface area contributed by atoms with Gasteiger partial charge in [-0.25, -0.2) is 9.37 Å². The van der Waals surface area contributed by atoms with Gasteiger partial charge in [0.25, 0.3) is 0 Å². The van der Waals surface area contributed by atoms with Gasteiger partial charge in [0.15, 0.2) is 0 Å². The van der Waals surface area contributed by atoms with E-state index in [4.69, 9.17) is 23.2 Å². The highest BCUT2D eigenvalue weighted by Gasteiger charge is 2.07. The summed E-state index contributed by atoms with van der Waals surface area (Å²) < 4.78 is 12.9. The van der Waals surface area contributed by atoms with Gasteiger partial charge in [0.2, 0.25) is 0 Å². The van der Waals surface area contributed by atoms with Crippen molar-refractivity contribution < 1.29 is 4.39 Å². The molecule has 0 aliphatic carbocycles. The van der Waals surface area contributed by atoms with Gasteiger partial charge in [0.05, 0.1) is 11.9 Å². The molecule has 1 aromatic heterocycles. The molecule has 0 saturated carbocycles. The molecule has 2 nitrogen and oxygen atoms in total. The molecular weight excluding hydrogens is 310 g/mol. The van der Waals surface area contributed by atoms with Crippen molar-refractivity contribution in [2.75, 3.05) is 0 Å². The standard InChI is InChI=1S/C16H11Cl2FN2/c17-12-4-1-11(14(18)8-12)7-16-20-9-15(21-16)10-2-5-13(19)6-3-10/h1-6,8-9H,7H2,(H,20,21). The molecule has 0 amide bonds. The summed E-state index contributed by atoms with van der Waals surface area (Å²) in [5.74, 6) is 0.532. The van der Waals surface area contributed by atoms with Crippen LogP contribution in [0.15, 0.2) is 48.7 Å². The van der Waals surface area contributed by atoms with Crippen molar-refractivity contribution in [3.63, 3.8) is 0 Å². The van der Waals surface area contributed by atoms with E-state index in [1.165, 1.54) is 12.1 Å². The smallest absolute Gasteiger partial charge is 0.123 e. The third-order valence-electron chi connectivity index (χ3n) is 3.16. The van der Waals surface area contributed by atoms with E-state index in [-0.39, 0.29) is 5.82 Å². The number of rotatable bonds is 3. The van der Waals surface area contributed by atoms with Crippen LogP contribution in [0, 0.1) is 5.82 Å². The second kappa shape index (κ2) is 5.88. The summed E-state index contributed by atoms with van der Waals surface area (Å²) in [5, 5.41) is 1.22. The van der Waals surface area contributed by atoms with E-state index in [0.29, 0.717) is 16.5 Å². The molecule has 5 heteroatoms. The number of imidazole rings is 1. The first-order chi connectivity index (χ1) is 10.1. The predicted octanol–water partition coefficient (Wildman–Crippen LogP) is 5.11. The van der Waals surface area contributed by atoms with E-state index >= 15 is 0 Å². The lowest BCUT2D eigenvalue weighted by atomic mass is 10.1. The third-order valence-corrected chi connectivity index (χ3v) is 3.74. The van der Waals surface area contributed by atoms with Gasteiger partial charge in [0, 0.05) is 16.5 Å². The molecular formula is C16H11Cl2FN2. The molecule has 3 rings (SSSR count). The first-order valence-electron chi connectivity index (χ1n) is 6.35. The normalized spacial score (nSPS) is 10.8. The van der Waals surface area contributed by atoms with Crippen LogP contribution in [0.4, 0.5) is 4.39 Å². The fourth-order valence-electron chi connectivity index (χ4n) is 2.07. The first kappa shape index (κ1) is 14.1.